The number of fused-ring (bicyclic) bond motifs is 1. The third-order valence-electron chi connectivity index (χ3n) is 6.02. The van der Waals surface area contributed by atoms with Gasteiger partial charge in [0, 0.05) is 51.3 Å². The highest BCUT2D eigenvalue weighted by molar-refractivity contribution is 6.76. The molecule has 1 aliphatic rings. The molecule has 1 aliphatic heterocycles. The quantitative estimate of drug-likeness (QED) is 0.356. The van der Waals surface area contributed by atoms with Crippen LogP contribution in [-0.2, 0) is 22.6 Å². The standard InChI is InChI=1S/C26H38N4O3Si/c1-26(2,31)18-20-6-7-23-22(16-20)25(28-30(23)19-33-14-15-34(3,4)5)21-8-9-27-24(17-21)29-10-12-32-13-11-29/h6-9,16-17,31H,10-15,18-19H2,1-5H3. The van der Waals surface area contributed by atoms with E-state index in [4.69, 9.17) is 14.6 Å². The van der Waals surface area contributed by atoms with Crippen LogP contribution in [0.25, 0.3) is 22.2 Å². The Labute approximate surface area is 203 Å². The smallest absolute Gasteiger partial charge is 0.140 e. The zero-order valence-corrected chi connectivity index (χ0v) is 22.2. The molecule has 0 aliphatic carbocycles. The van der Waals surface area contributed by atoms with E-state index in [2.05, 4.69) is 53.8 Å². The van der Waals surface area contributed by atoms with Gasteiger partial charge in [-0.15, -0.1) is 0 Å². The first-order valence-electron chi connectivity index (χ1n) is 12.2. The van der Waals surface area contributed by atoms with Crippen molar-refractivity contribution in [3.63, 3.8) is 0 Å². The molecule has 2 aromatic heterocycles. The van der Waals surface area contributed by atoms with Crippen molar-refractivity contribution in [2.45, 2.75) is 58.3 Å². The van der Waals surface area contributed by atoms with Gasteiger partial charge in [0.1, 0.15) is 18.2 Å². The summed E-state index contributed by atoms with van der Waals surface area (Å²) in [6.45, 7) is 15.0. The molecule has 184 valence electrons. The lowest BCUT2D eigenvalue weighted by atomic mass is 9.97. The number of morpholine rings is 1. The monoisotopic (exact) mass is 482 g/mol. The highest BCUT2D eigenvalue weighted by atomic mass is 28.3. The van der Waals surface area contributed by atoms with Crippen molar-refractivity contribution in [1.29, 1.82) is 0 Å². The van der Waals surface area contributed by atoms with Gasteiger partial charge in [-0.25, -0.2) is 9.67 Å². The first-order chi connectivity index (χ1) is 16.1. The molecule has 4 rings (SSSR count). The van der Waals surface area contributed by atoms with Crippen LogP contribution < -0.4 is 4.90 Å². The maximum Gasteiger partial charge on any atom is 0.140 e. The predicted molar refractivity (Wildman–Crippen MR) is 140 cm³/mol. The fourth-order valence-corrected chi connectivity index (χ4v) is 4.96. The molecule has 0 unspecified atom stereocenters. The SMILES string of the molecule is CC(C)(O)Cc1ccc2c(c1)c(-c1ccnc(N3CCOCC3)c1)nn2COCC[Si](C)(C)C. The van der Waals surface area contributed by atoms with Gasteiger partial charge in [0.2, 0.25) is 0 Å². The molecule has 0 bridgehead atoms. The molecule has 0 amide bonds. The molecule has 3 aromatic rings. The van der Waals surface area contributed by atoms with Crippen molar-refractivity contribution in [1.82, 2.24) is 14.8 Å². The first-order valence-corrected chi connectivity index (χ1v) is 15.9. The Morgan fingerprint density at radius 3 is 2.59 bits per heavy atom. The Kier molecular flexibility index (Phi) is 7.42. The molecule has 1 fully saturated rings. The Balaban J connectivity index is 1.68. The molecule has 34 heavy (non-hydrogen) atoms. The molecule has 1 N–H and O–H groups in total. The minimum atomic E-state index is -1.15. The van der Waals surface area contributed by atoms with Gasteiger partial charge in [0.25, 0.3) is 0 Å². The molecule has 8 heteroatoms. The number of ether oxygens (including phenoxy) is 2. The van der Waals surface area contributed by atoms with Crippen LogP contribution in [0.2, 0.25) is 25.7 Å². The van der Waals surface area contributed by atoms with E-state index in [1.165, 1.54) is 0 Å². The van der Waals surface area contributed by atoms with Gasteiger partial charge in [0.15, 0.2) is 0 Å². The van der Waals surface area contributed by atoms with Gasteiger partial charge < -0.3 is 19.5 Å². The van der Waals surface area contributed by atoms with Gasteiger partial charge in [-0.1, -0.05) is 25.7 Å². The summed E-state index contributed by atoms with van der Waals surface area (Å²) >= 11 is 0. The molecule has 0 saturated carbocycles. The zero-order chi connectivity index (χ0) is 24.3. The van der Waals surface area contributed by atoms with Crippen molar-refractivity contribution in [3.8, 4) is 11.3 Å². The van der Waals surface area contributed by atoms with Crippen LogP contribution in [0.4, 0.5) is 5.82 Å². The number of anilines is 1. The second-order valence-electron chi connectivity index (χ2n) is 11.0. The first kappa shape index (κ1) is 24.8. The molecule has 0 atom stereocenters. The summed E-state index contributed by atoms with van der Waals surface area (Å²) in [6.07, 6.45) is 2.44. The van der Waals surface area contributed by atoms with Gasteiger partial charge in [0.05, 0.1) is 24.3 Å². The van der Waals surface area contributed by atoms with Crippen LogP contribution in [0.1, 0.15) is 19.4 Å². The predicted octanol–water partition coefficient (Wildman–Crippen LogP) is 4.56. The normalized spacial score (nSPS) is 15.3. The van der Waals surface area contributed by atoms with Crippen LogP contribution in [0.5, 0.6) is 0 Å². The Morgan fingerprint density at radius 1 is 1.12 bits per heavy atom. The molecular formula is C26H38N4O3Si. The van der Waals surface area contributed by atoms with E-state index in [0.29, 0.717) is 13.2 Å². The minimum absolute atomic E-state index is 0.424. The third-order valence-corrected chi connectivity index (χ3v) is 7.72. The second-order valence-corrected chi connectivity index (χ2v) is 16.7. The van der Waals surface area contributed by atoms with E-state index >= 15 is 0 Å². The Hall–Kier alpha value is -2.26. The van der Waals surface area contributed by atoms with Crippen LogP contribution in [-0.4, -0.2) is 66.5 Å². The Morgan fingerprint density at radius 2 is 1.88 bits per heavy atom. The molecule has 1 aromatic carbocycles. The van der Waals surface area contributed by atoms with E-state index in [1.54, 1.807) is 0 Å². The number of benzene rings is 1. The maximum absolute atomic E-state index is 10.4. The van der Waals surface area contributed by atoms with E-state index < -0.39 is 13.7 Å². The fraction of sp³-hybridized carbons (Fsp3) is 0.538. The molecular weight excluding hydrogens is 444 g/mol. The van der Waals surface area contributed by atoms with Gasteiger partial charge in [-0.2, -0.15) is 5.10 Å². The topological polar surface area (TPSA) is 72.6 Å². The summed E-state index contributed by atoms with van der Waals surface area (Å²) in [7, 11) is -1.15. The maximum atomic E-state index is 10.4. The largest absolute Gasteiger partial charge is 0.390 e. The summed E-state index contributed by atoms with van der Waals surface area (Å²) < 4.78 is 13.5. The van der Waals surface area contributed by atoms with Gasteiger partial charge >= 0.3 is 0 Å². The van der Waals surface area contributed by atoms with E-state index in [0.717, 1.165) is 72.5 Å². The number of aliphatic hydroxyl groups is 1. The van der Waals surface area contributed by atoms with E-state index in [-0.39, 0.29) is 0 Å². The van der Waals surface area contributed by atoms with Crippen molar-refractivity contribution >= 4 is 24.8 Å². The van der Waals surface area contributed by atoms with Gasteiger partial charge in [-0.3, -0.25) is 0 Å². The number of hydrogen-bond acceptors (Lipinski definition) is 6. The van der Waals surface area contributed by atoms with Crippen LogP contribution in [0, 0.1) is 0 Å². The van der Waals surface area contributed by atoms with Crippen LogP contribution >= 0.6 is 0 Å². The lowest BCUT2D eigenvalue weighted by Crippen LogP contribution is -2.36. The summed E-state index contributed by atoms with van der Waals surface area (Å²) in [5.74, 6) is 0.947. The summed E-state index contributed by atoms with van der Waals surface area (Å²) in [4.78, 5) is 6.86. The molecule has 0 radical (unpaired) electrons. The molecule has 0 spiro atoms. The highest BCUT2D eigenvalue weighted by Crippen LogP contribution is 2.31. The van der Waals surface area contributed by atoms with E-state index in [1.807, 2.05) is 30.8 Å². The summed E-state index contributed by atoms with van der Waals surface area (Å²) in [5.41, 5.74) is 3.29. The Bertz CT molecular complexity index is 1110. The van der Waals surface area contributed by atoms with Crippen molar-refractivity contribution in [2.24, 2.45) is 0 Å². The minimum Gasteiger partial charge on any atom is -0.390 e. The number of aromatic nitrogens is 3. The molecule has 1 saturated heterocycles. The lowest BCUT2D eigenvalue weighted by Gasteiger charge is -2.27. The molecule has 7 nitrogen and oxygen atoms in total. The fourth-order valence-electron chi connectivity index (χ4n) is 4.21. The average Bonchev–Trinajstić information content (AvgIpc) is 3.13. The number of rotatable bonds is 9. The second kappa shape index (κ2) is 10.2. The zero-order valence-electron chi connectivity index (χ0n) is 21.2. The summed E-state index contributed by atoms with van der Waals surface area (Å²) in [6, 6.07) is 11.6. The number of hydrogen-bond donors (Lipinski definition) is 1. The number of nitrogens with zero attached hydrogens (tertiary/aromatic N) is 4. The average molecular weight is 483 g/mol. The third kappa shape index (κ3) is 6.44. The lowest BCUT2D eigenvalue weighted by molar-refractivity contribution is 0.0807. The van der Waals surface area contributed by atoms with Crippen molar-refractivity contribution < 1.29 is 14.6 Å². The summed E-state index contributed by atoms with van der Waals surface area (Å²) in [5, 5.41) is 16.4. The van der Waals surface area contributed by atoms with E-state index in [9.17, 15) is 5.11 Å². The molecule has 3 heterocycles. The van der Waals surface area contributed by atoms with Gasteiger partial charge in [-0.05, 0) is 49.7 Å². The van der Waals surface area contributed by atoms with Crippen LogP contribution in [0.3, 0.4) is 0 Å². The van der Waals surface area contributed by atoms with Crippen molar-refractivity contribution in [2.75, 3.05) is 37.8 Å². The number of pyridine rings is 1. The highest BCUT2D eigenvalue weighted by Gasteiger charge is 2.19. The van der Waals surface area contributed by atoms with Crippen LogP contribution in [0.15, 0.2) is 36.5 Å². The van der Waals surface area contributed by atoms with Crippen molar-refractivity contribution in [3.05, 3.63) is 42.1 Å².